The highest BCUT2D eigenvalue weighted by molar-refractivity contribution is 7.92. The first kappa shape index (κ1) is 23.1. The van der Waals surface area contributed by atoms with E-state index >= 15 is 0 Å². The molecule has 0 N–H and O–H groups in total. The van der Waals surface area contributed by atoms with Gasteiger partial charge in [-0.25, -0.2) is 8.42 Å². The zero-order valence-corrected chi connectivity index (χ0v) is 19.5. The Hall–Kier alpha value is -1.56. The number of benzene rings is 1. The highest BCUT2D eigenvalue weighted by Crippen LogP contribution is 2.26. The number of hydrogen-bond acceptors (Lipinski definition) is 4. The fraction of sp³-hybridized carbons (Fsp3) is 0.708. The summed E-state index contributed by atoms with van der Waals surface area (Å²) in [7, 11) is -3.12. The summed E-state index contributed by atoms with van der Waals surface area (Å²) in [5, 5.41) is 0. The first-order valence-electron chi connectivity index (χ1n) is 11.4. The topological polar surface area (TPSA) is 63.7 Å². The molecule has 5 nitrogen and oxygen atoms in total. The molecule has 30 heavy (non-hydrogen) atoms. The molecule has 0 aromatic heterocycles. The molecule has 2 fully saturated rings. The van der Waals surface area contributed by atoms with Gasteiger partial charge in [-0.05, 0) is 82.9 Å². The van der Waals surface area contributed by atoms with Gasteiger partial charge in [0, 0.05) is 13.1 Å². The van der Waals surface area contributed by atoms with Gasteiger partial charge in [0.05, 0.1) is 23.0 Å². The fourth-order valence-electron chi connectivity index (χ4n) is 4.30. The van der Waals surface area contributed by atoms with E-state index in [1.165, 1.54) is 19.3 Å². The largest absolute Gasteiger partial charge is 0.490 e. The standard InChI is InChI=1S/C24H37NO4S/c1-24(2,3)30(27,28)18-19-12-14-25(15-13-19)23(26)17-20-8-7-11-22(16-20)29-21-9-5-4-6-10-21/h7-8,11,16,19,21H,4-6,9-10,12-15,17-18H2,1-3H3. The lowest BCUT2D eigenvalue weighted by molar-refractivity contribution is -0.131. The Labute approximate surface area is 182 Å². The van der Waals surface area contributed by atoms with Crippen LogP contribution in [0.15, 0.2) is 24.3 Å². The van der Waals surface area contributed by atoms with Crippen LogP contribution in [0.3, 0.4) is 0 Å². The Morgan fingerprint density at radius 1 is 1.07 bits per heavy atom. The number of piperidine rings is 1. The maximum absolute atomic E-state index is 12.8. The first-order valence-corrected chi connectivity index (χ1v) is 13.0. The van der Waals surface area contributed by atoms with Crippen LogP contribution < -0.4 is 4.74 Å². The van der Waals surface area contributed by atoms with Crippen molar-refractivity contribution in [1.29, 1.82) is 0 Å². The molecule has 6 heteroatoms. The first-order chi connectivity index (χ1) is 14.1. The Morgan fingerprint density at radius 2 is 1.73 bits per heavy atom. The average molecular weight is 436 g/mol. The van der Waals surface area contributed by atoms with Crippen molar-refractivity contribution in [3.8, 4) is 5.75 Å². The second-order valence-corrected chi connectivity index (χ2v) is 12.7. The van der Waals surface area contributed by atoms with E-state index in [9.17, 15) is 13.2 Å². The normalized spacial score (nSPS) is 19.6. The molecule has 1 aliphatic carbocycles. The number of nitrogens with zero attached hydrogens (tertiary/aromatic N) is 1. The van der Waals surface area contributed by atoms with Gasteiger partial charge in [-0.1, -0.05) is 18.6 Å². The molecule has 0 radical (unpaired) electrons. The number of amides is 1. The van der Waals surface area contributed by atoms with Gasteiger partial charge in [0.2, 0.25) is 5.91 Å². The minimum atomic E-state index is -3.12. The molecule has 1 saturated heterocycles. The Kier molecular flexibility index (Phi) is 7.48. The quantitative estimate of drug-likeness (QED) is 0.665. The number of ether oxygens (including phenoxy) is 1. The molecule has 1 aliphatic heterocycles. The van der Waals surface area contributed by atoms with E-state index in [2.05, 4.69) is 0 Å². The Bertz CT molecular complexity index is 814. The van der Waals surface area contributed by atoms with E-state index in [1.807, 2.05) is 29.2 Å². The Balaban J connectivity index is 1.49. The van der Waals surface area contributed by atoms with Gasteiger partial charge < -0.3 is 9.64 Å². The summed E-state index contributed by atoms with van der Waals surface area (Å²) in [6, 6.07) is 7.91. The van der Waals surface area contributed by atoms with Gasteiger partial charge in [0.1, 0.15) is 5.75 Å². The van der Waals surface area contributed by atoms with Crippen molar-refractivity contribution < 1.29 is 17.9 Å². The van der Waals surface area contributed by atoms with E-state index in [-0.39, 0.29) is 17.6 Å². The van der Waals surface area contributed by atoms with Gasteiger partial charge in [-0.3, -0.25) is 4.79 Å². The SMILES string of the molecule is CC(C)(C)S(=O)(=O)CC1CCN(C(=O)Cc2cccc(OC3CCCCC3)c2)CC1. The second kappa shape index (κ2) is 9.71. The van der Waals surface area contributed by atoms with Crippen molar-refractivity contribution in [2.75, 3.05) is 18.8 Å². The number of carbonyl (C=O) groups is 1. The molecule has 0 bridgehead atoms. The molecule has 0 atom stereocenters. The number of carbonyl (C=O) groups excluding carboxylic acids is 1. The lowest BCUT2D eigenvalue weighted by atomic mass is 9.97. The summed E-state index contributed by atoms with van der Waals surface area (Å²) in [6.07, 6.45) is 8.17. The predicted molar refractivity (Wildman–Crippen MR) is 120 cm³/mol. The smallest absolute Gasteiger partial charge is 0.226 e. The number of hydrogen-bond donors (Lipinski definition) is 0. The van der Waals surface area contributed by atoms with Crippen LogP contribution in [0.5, 0.6) is 5.75 Å². The lowest BCUT2D eigenvalue weighted by Crippen LogP contribution is -2.42. The average Bonchev–Trinajstić information content (AvgIpc) is 2.68. The van der Waals surface area contributed by atoms with Crippen molar-refractivity contribution in [3.05, 3.63) is 29.8 Å². The molecule has 1 saturated carbocycles. The van der Waals surface area contributed by atoms with Crippen LogP contribution in [0.4, 0.5) is 0 Å². The van der Waals surface area contributed by atoms with Crippen LogP contribution in [0.25, 0.3) is 0 Å². The second-order valence-electron chi connectivity index (χ2n) is 9.92. The van der Waals surface area contributed by atoms with Crippen molar-refractivity contribution in [2.24, 2.45) is 5.92 Å². The van der Waals surface area contributed by atoms with Gasteiger partial charge in [0.15, 0.2) is 9.84 Å². The van der Waals surface area contributed by atoms with Crippen LogP contribution in [0.1, 0.15) is 71.3 Å². The molecule has 1 aromatic rings. The predicted octanol–water partition coefficient (Wildman–Crippen LogP) is 4.39. The molecule has 1 aromatic carbocycles. The van der Waals surface area contributed by atoms with E-state index in [0.717, 1.165) is 37.0 Å². The highest BCUT2D eigenvalue weighted by Gasteiger charge is 2.33. The van der Waals surface area contributed by atoms with Crippen molar-refractivity contribution in [2.45, 2.75) is 83.0 Å². The third-order valence-electron chi connectivity index (χ3n) is 6.46. The molecule has 1 amide bonds. The molecule has 0 spiro atoms. The molecular formula is C24H37NO4S. The van der Waals surface area contributed by atoms with Crippen LogP contribution in [-0.2, 0) is 21.1 Å². The zero-order chi connectivity index (χ0) is 21.8. The fourth-order valence-corrected chi connectivity index (χ4v) is 5.75. The molecular weight excluding hydrogens is 398 g/mol. The van der Waals surface area contributed by atoms with Gasteiger partial charge in [-0.2, -0.15) is 0 Å². The maximum atomic E-state index is 12.8. The number of rotatable bonds is 6. The van der Waals surface area contributed by atoms with Crippen molar-refractivity contribution >= 4 is 15.7 Å². The van der Waals surface area contributed by atoms with Gasteiger partial charge >= 0.3 is 0 Å². The monoisotopic (exact) mass is 435 g/mol. The van der Waals surface area contributed by atoms with Crippen molar-refractivity contribution in [3.63, 3.8) is 0 Å². The van der Waals surface area contributed by atoms with Crippen molar-refractivity contribution in [1.82, 2.24) is 4.90 Å². The third-order valence-corrected chi connectivity index (χ3v) is 9.24. The Morgan fingerprint density at radius 3 is 2.37 bits per heavy atom. The van der Waals surface area contributed by atoms with E-state index in [1.54, 1.807) is 20.8 Å². The minimum Gasteiger partial charge on any atom is -0.490 e. The number of likely N-dealkylation sites (tertiary alicyclic amines) is 1. The molecule has 2 aliphatic rings. The molecule has 0 unspecified atom stereocenters. The molecule has 3 rings (SSSR count). The highest BCUT2D eigenvalue weighted by atomic mass is 32.2. The summed E-state index contributed by atoms with van der Waals surface area (Å²) in [5.41, 5.74) is 0.978. The van der Waals surface area contributed by atoms with Crippen LogP contribution >= 0.6 is 0 Å². The molecule has 1 heterocycles. The van der Waals surface area contributed by atoms with Gasteiger partial charge in [0.25, 0.3) is 0 Å². The zero-order valence-electron chi connectivity index (χ0n) is 18.7. The summed E-state index contributed by atoms with van der Waals surface area (Å²) in [5.74, 6) is 1.34. The summed E-state index contributed by atoms with van der Waals surface area (Å²) < 4.78 is 30.3. The maximum Gasteiger partial charge on any atom is 0.226 e. The van der Waals surface area contributed by atoms with Crippen LogP contribution in [0, 0.1) is 5.92 Å². The number of sulfone groups is 1. The van der Waals surface area contributed by atoms with Crippen LogP contribution in [-0.4, -0.2) is 48.9 Å². The third kappa shape index (κ3) is 6.22. The molecule has 168 valence electrons. The van der Waals surface area contributed by atoms with Crippen LogP contribution in [0.2, 0.25) is 0 Å². The lowest BCUT2D eigenvalue weighted by Gasteiger charge is -2.33. The minimum absolute atomic E-state index is 0.113. The van der Waals surface area contributed by atoms with E-state index < -0.39 is 14.6 Å². The van der Waals surface area contributed by atoms with E-state index in [0.29, 0.717) is 25.6 Å². The summed E-state index contributed by atoms with van der Waals surface area (Å²) in [6.45, 7) is 6.55. The summed E-state index contributed by atoms with van der Waals surface area (Å²) >= 11 is 0. The summed E-state index contributed by atoms with van der Waals surface area (Å²) in [4.78, 5) is 14.7. The van der Waals surface area contributed by atoms with Gasteiger partial charge in [-0.15, -0.1) is 0 Å². The van der Waals surface area contributed by atoms with E-state index in [4.69, 9.17) is 4.74 Å².